The Morgan fingerprint density at radius 2 is 1.82 bits per heavy atom. The summed E-state index contributed by atoms with van der Waals surface area (Å²) in [5.74, 6) is -0.0932. The predicted octanol–water partition coefficient (Wildman–Crippen LogP) is 1.44. The minimum Gasteiger partial charge on any atom is -0.383 e. The van der Waals surface area contributed by atoms with Crippen molar-refractivity contribution in [2.75, 3.05) is 19.4 Å². The average Bonchev–Trinajstić information content (AvgIpc) is 2.26. The van der Waals surface area contributed by atoms with E-state index in [0.29, 0.717) is 11.3 Å². The lowest BCUT2D eigenvalue weighted by Gasteiger charge is -2.04. The summed E-state index contributed by atoms with van der Waals surface area (Å²) in [6.07, 6.45) is 3.16. The first-order valence-corrected chi connectivity index (χ1v) is 5.04. The van der Waals surface area contributed by atoms with Crippen LogP contribution in [-0.2, 0) is 0 Å². The molecule has 0 radical (unpaired) electrons. The standard InChI is InChI=1S/C12H15N3O2/c1-15(2)8-7-11(16)9-3-5-10(6-4-9)14-12(13)17/h3-8H,1-2H3,(H3,13,14,17). The van der Waals surface area contributed by atoms with Gasteiger partial charge in [0.2, 0.25) is 0 Å². The van der Waals surface area contributed by atoms with Crippen molar-refractivity contribution in [1.82, 2.24) is 4.90 Å². The number of allylic oxidation sites excluding steroid dienone is 1. The predicted molar refractivity (Wildman–Crippen MR) is 66.8 cm³/mol. The molecule has 0 aliphatic rings. The van der Waals surface area contributed by atoms with Crippen LogP contribution in [0.3, 0.4) is 0 Å². The van der Waals surface area contributed by atoms with Crippen molar-refractivity contribution in [3.63, 3.8) is 0 Å². The van der Waals surface area contributed by atoms with Gasteiger partial charge in [-0.15, -0.1) is 0 Å². The molecule has 1 aromatic carbocycles. The van der Waals surface area contributed by atoms with Crippen LogP contribution in [0.5, 0.6) is 0 Å². The molecule has 0 aliphatic carbocycles. The first-order chi connectivity index (χ1) is 7.99. The number of anilines is 1. The van der Waals surface area contributed by atoms with Crippen LogP contribution in [0, 0.1) is 0 Å². The van der Waals surface area contributed by atoms with Crippen molar-refractivity contribution in [1.29, 1.82) is 0 Å². The molecule has 0 atom stereocenters. The molecule has 1 rings (SSSR count). The number of nitrogens with zero attached hydrogens (tertiary/aromatic N) is 1. The van der Waals surface area contributed by atoms with Crippen LogP contribution in [-0.4, -0.2) is 30.8 Å². The SMILES string of the molecule is CN(C)C=CC(=O)c1ccc(NC(N)=O)cc1. The van der Waals surface area contributed by atoms with Gasteiger partial charge >= 0.3 is 6.03 Å². The average molecular weight is 233 g/mol. The highest BCUT2D eigenvalue weighted by atomic mass is 16.2. The number of nitrogens with two attached hydrogens (primary N) is 1. The lowest BCUT2D eigenvalue weighted by Crippen LogP contribution is -2.19. The number of rotatable bonds is 4. The molecular formula is C12H15N3O2. The molecule has 0 heterocycles. The summed E-state index contributed by atoms with van der Waals surface area (Å²) in [7, 11) is 3.67. The van der Waals surface area contributed by atoms with Gasteiger partial charge in [0, 0.05) is 37.6 Å². The Hall–Kier alpha value is -2.30. The Morgan fingerprint density at radius 3 is 2.29 bits per heavy atom. The van der Waals surface area contributed by atoms with Crippen molar-refractivity contribution in [3.8, 4) is 0 Å². The van der Waals surface area contributed by atoms with Crippen LogP contribution in [0.4, 0.5) is 10.5 Å². The van der Waals surface area contributed by atoms with Crippen LogP contribution in [0.25, 0.3) is 0 Å². The van der Waals surface area contributed by atoms with Crippen LogP contribution < -0.4 is 11.1 Å². The van der Waals surface area contributed by atoms with Crippen molar-refractivity contribution in [3.05, 3.63) is 42.1 Å². The van der Waals surface area contributed by atoms with E-state index in [1.54, 1.807) is 35.4 Å². The minimum absolute atomic E-state index is 0.0932. The number of nitrogens with one attached hydrogen (secondary N) is 1. The fraction of sp³-hybridized carbons (Fsp3) is 0.167. The topological polar surface area (TPSA) is 75.4 Å². The molecule has 2 amide bonds. The Bertz CT molecular complexity index is 436. The molecule has 1 aromatic rings. The molecule has 5 heteroatoms. The molecule has 0 aromatic heterocycles. The number of carbonyl (C=O) groups excluding carboxylic acids is 2. The molecular weight excluding hydrogens is 218 g/mol. The molecule has 0 fully saturated rings. The van der Waals surface area contributed by atoms with E-state index in [-0.39, 0.29) is 5.78 Å². The summed E-state index contributed by atoms with van der Waals surface area (Å²) in [5, 5.41) is 2.42. The zero-order valence-corrected chi connectivity index (χ0v) is 9.81. The lowest BCUT2D eigenvalue weighted by molar-refractivity contribution is 0.104. The van der Waals surface area contributed by atoms with E-state index >= 15 is 0 Å². The van der Waals surface area contributed by atoms with Gasteiger partial charge in [-0.3, -0.25) is 4.79 Å². The van der Waals surface area contributed by atoms with Gasteiger partial charge in [-0.25, -0.2) is 4.79 Å². The third-order valence-electron chi connectivity index (χ3n) is 1.96. The largest absolute Gasteiger partial charge is 0.383 e. The molecule has 0 aliphatic heterocycles. The highest BCUT2D eigenvalue weighted by Gasteiger charge is 2.02. The molecule has 0 saturated carbocycles. The zero-order valence-electron chi connectivity index (χ0n) is 9.81. The van der Waals surface area contributed by atoms with Crippen molar-refractivity contribution >= 4 is 17.5 Å². The molecule has 17 heavy (non-hydrogen) atoms. The van der Waals surface area contributed by atoms with Crippen LogP contribution in [0.1, 0.15) is 10.4 Å². The van der Waals surface area contributed by atoms with E-state index in [2.05, 4.69) is 5.32 Å². The first-order valence-electron chi connectivity index (χ1n) is 5.04. The second kappa shape index (κ2) is 5.69. The van der Waals surface area contributed by atoms with E-state index in [0.717, 1.165) is 0 Å². The second-order valence-electron chi connectivity index (χ2n) is 3.71. The Morgan fingerprint density at radius 1 is 1.24 bits per heavy atom. The number of hydrogen-bond acceptors (Lipinski definition) is 3. The van der Waals surface area contributed by atoms with E-state index in [1.807, 2.05) is 14.1 Å². The number of amides is 2. The number of carbonyl (C=O) groups is 2. The van der Waals surface area contributed by atoms with Gasteiger partial charge in [-0.2, -0.15) is 0 Å². The van der Waals surface area contributed by atoms with E-state index in [4.69, 9.17) is 5.73 Å². The summed E-state index contributed by atoms with van der Waals surface area (Å²) in [6, 6.07) is 5.89. The minimum atomic E-state index is -0.628. The molecule has 0 spiro atoms. The van der Waals surface area contributed by atoms with Gasteiger partial charge in [0.1, 0.15) is 0 Å². The van der Waals surface area contributed by atoms with E-state index in [1.165, 1.54) is 6.08 Å². The quantitative estimate of drug-likeness (QED) is 0.610. The maximum absolute atomic E-state index is 11.7. The molecule has 0 saturated heterocycles. The Kier molecular flexibility index (Phi) is 4.28. The summed E-state index contributed by atoms with van der Waals surface area (Å²) < 4.78 is 0. The second-order valence-corrected chi connectivity index (χ2v) is 3.71. The maximum atomic E-state index is 11.7. The first kappa shape index (κ1) is 12.8. The fourth-order valence-electron chi connectivity index (χ4n) is 1.17. The lowest BCUT2D eigenvalue weighted by atomic mass is 10.1. The maximum Gasteiger partial charge on any atom is 0.316 e. The number of benzene rings is 1. The number of urea groups is 1. The van der Waals surface area contributed by atoms with Crippen molar-refractivity contribution in [2.24, 2.45) is 5.73 Å². The highest BCUT2D eigenvalue weighted by molar-refractivity contribution is 6.04. The van der Waals surface area contributed by atoms with Gasteiger partial charge in [0.05, 0.1) is 0 Å². The van der Waals surface area contributed by atoms with E-state index in [9.17, 15) is 9.59 Å². The smallest absolute Gasteiger partial charge is 0.316 e. The van der Waals surface area contributed by atoms with Gasteiger partial charge < -0.3 is 16.0 Å². The monoisotopic (exact) mass is 233 g/mol. The number of primary amides is 1. The highest BCUT2D eigenvalue weighted by Crippen LogP contribution is 2.10. The van der Waals surface area contributed by atoms with Crippen LogP contribution in [0.15, 0.2) is 36.5 Å². The Labute approximate surface area is 99.9 Å². The third-order valence-corrected chi connectivity index (χ3v) is 1.96. The normalized spacial score (nSPS) is 10.2. The van der Waals surface area contributed by atoms with Gasteiger partial charge in [0.15, 0.2) is 5.78 Å². The third kappa shape index (κ3) is 4.38. The zero-order chi connectivity index (χ0) is 12.8. The van der Waals surface area contributed by atoms with Crippen molar-refractivity contribution in [2.45, 2.75) is 0 Å². The Balaban J connectivity index is 2.73. The van der Waals surface area contributed by atoms with E-state index < -0.39 is 6.03 Å². The van der Waals surface area contributed by atoms with Gasteiger partial charge in [0.25, 0.3) is 0 Å². The summed E-state index contributed by atoms with van der Waals surface area (Å²) in [4.78, 5) is 24.0. The molecule has 0 unspecified atom stereocenters. The summed E-state index contributed by atoms with van der Waals surface area (Å²) in [6.45, 7) is 0. The van der Waals surface area contributed by atoms with Gasteiger partial charge in [-0.05, 0) is 24.3 Å². The number of hydrogen-bond donors (Lipinski definition) is 2. The summed E-state index contributed by atoms with van der Waals surface area (Å²) >= 11 is 0. The molecule has 0 bridgehead atoms. The molecule has 90 valence electrons. The van der Waals surface area contributed by atoms with Crippen molar-refractivity contribution < 1.29 is 9.59 Å². The van der Waals surface area contributed by atoms with Crippen LogP contribution >= 0.6 is 0 Å². The molecule has 3 N–H and O–H groups in total. The summed E-state index contributed by atoms with van der Waals surface area (Å²) in [5.41, 5.74) is 6.08. The molecule has 5 nitrogen and oxygen atoms in total. The number of ketones is 1. The van der Waals surface area contributed by atoms with Crippen LogP contribution in [0.2, 0.25) is 0 Å². The fourth-order valence-corrected chi connectivity index (χ4v) is 1.17. The van der Waals surface area contributed by atoms with Gasteiger partial charge in [-0.1, -0.05) is 0 Å².